The first-order valence-corrected chi connectivity index (χ1v) is 10.6. The van der Waals surface area contributed by atoms with E-state index in [9.17, 15) is 9.59 Å². The number of nitrogens with one attached hydrogen (secondary N) is 2. The third-order valence-corrected chi connectivity index (χ3v) is 5.62. The van der Waals surface area contributed by atoms with Crippen LogP contribution in [0.25, 0.3) is 11.0 Å². The summed E-state index contributed by atoms with van der Waals surface area (Å²) in [4.78, 5) is 31.8. The molecule has 160 valence electrons. The van der Waals surface area contributed by atoms with Crippen molar-refractivity contribution >= 4 is 28.7 Å². The van der Waals surface area contributed by atoms with Crippen LogP contribution in [0, 0.1) is 0 Å². The van der Waals surface area contributed by atoms with Gasteiger partial charge in [0.05, 0.1) is 17.1 Å². The second-order valence-electron chi connectivity index (χ2n) is 7.56. The van der Waals surface area contributed by atoms with Crippen molar-refractivity contribution in [3.8, 4) is 0 Å². The summed E-state index contributed by atoms with van der Waals surface area (Å²) in [6, 6.07) is 14.8. The van der Waals surface area contributed by atoms with Gasteiger partial charge in [0.1, 0.15) is 5.82 Å². The number of para-hydroxylation sites is 2. The van der Waals surface area contributed by atoms with Crippen LogP contribution in [0.4, 0.5) is 10.5 Å². The van der Waals surface area contributed by atoms with E-state index in [0.717, 1.165) is 36.2 Å². The maximum atomic E-state index is 13.1. The summed E-state index contributed by atoms with van der Waals surface area (Å²) in [6.07, 6.45) is 3.46. The van der Waals surface area contributed by atoms with Crippen LogP contribution < -0.4 is 10.6 Å². The first kappa shape index (κ1) is 20.7. The largest absolute Gasteiger partial charge is 0.349 e. The third kappa shape index (κ3) is 4.17. The Morgan fingerprint density at radius 2 is 1.97 bits per heavy atom. The summed E-state index contributed by atoms with van der Waals surface area (Å²) in [5.74, 6) is 0.765. The van der Waals surface area contributed by atoms with E-state index in [-0.39, 0.29) is 18.0 Å². The number of nitrogens with zero attached hydrogens (tertiary/aromatic N) is 3. The van der Waals surface area contributed by atoms with E-state index in [1.165, 1.54) is 0 Å². The first-order valence-electron chi connectivity index (χ1n) is 10.6. The van der Waals surface area contributed by atoms with Crippen LogP contribution >= 0.6 is 0 Å². The molecule has 2 N–H and O–H groups in total. The number of hydrogen-bond acceptors (Lipinski definition) is 3. The zero-order valence-electron chi connectivity index (χ0n) is 17.7. The fraction of sp³-hybridized carbons (Fsp3) is 0.292. The molecular formula is C24H27N5O2. The van der Waals surface area contributed by atoms with E-state index in [0.29, 0.717) is 24.3 Å². The molecule has 31 heavy (non-hydrogen) atoms. The Morgan fingerprint density at radius 1 is 1.19 bits per heavy atom. The molecule has 4 rings (SSSR count). The lowest BCUT2D eigenvalue weighted by Crippen LogP contribution is -2.35. The molecule has 0 radical (unpaired) electrons. The van der Waals surface area contributed by atoms with Gasteiger partial charge < -0.3 is 20.1 Å². The number of carbonyl (C=O) groups is 2. The quantitative estimate of drug-likeness (QED) is 0.586. The van der Waals surface area contributed by atoms with E-state index in [1.807, 2.05) is 23.1 Å². The average Bonchev–Trinajstić information content (AvgIpc) is 3.42. The number of fused-ring (bicyclic) bond motifs is 1. The van der Waals surface area contributed by atoms with Crippen LogP contribution in [0.3, 0.4) is 0 Å². The molecule has 7 heteroatoms. The molecule has 1 unspecified atom stereocenters. The summed E-state index contributed by atoms with van der Waals surface area (Å²) < 4.78 is 2.20. The molecule has 1 saturated heterocycles. The molecule has 1 fully saturated rings. The van der Waals surface area contributed by atoms with Gasteiger partial charge in [-0.05, 0) is 56.2 Å². The van der Waals surface area contributed by atoms with Crippen LogP contribution in [-0.4, -0.2) is 39.5 Å². The van der Waals surface area contributed by atoms with Crippen LogP contribution in [0.1, 0.15) is 42.0 Å². The summed E-state index contributed by atoms with van der Waals surface area (Å²) in [6.45, 7) is 7.59. The van der Waals surface area contributed by atoms with Crippen molar-refractivity contribution in [3.63, 3.8) is 0 Å². The minimum Gasteiger partial charge on any atom is -0.349 e. The van der Waals surface area contributed by atoms with E-state index >= 15 is 0 Å². The van der Waals surface area contributed by atoms with Crippen LogP contribution in [0.2, 0.25) is 0 Å². The van der Waals surface area contributed by atoms with Crippen molar-refractivity contribution in [1.29, 1.82) is 0 Å². The molecule has 2 aromatic carbocycles. The fourth-order valence-electron chi connectivity index (χ4n) is 4.13. The SMILES string of the molecule is C=CCNC(=O)c1ccc(NC(=O)N2CCCC2c2nc3ccccc3n2CC)cc1. The zero-order valence-corrected chi connectivity index (χ0v) is 17.7. The number of urea groups is 1. The molecule has 0 bridgehead atoms. The molecule has 3 amide bonds. The molecule has 1 aliphatic heterocycles. The Kier molecular flexibility index (Phi) is 6.02. The minimum absolute atomic E-state index is 0.0590. The van der Waals surface area contributed by atoms with Crippen LogP contribution in [0.15, 0.2) is 61.2 Å². The van der Waals surface area contributed by atoms with Crippen molar-refractivity contribution in [2.75, 3.05) is 18.4 Å². The summed E-state index contributed by atoms with van der Waals surface area (Å²) >= 11 is 0. The standard InChI is InChI=1S/C24H27N5O2/c1-3-15-25-23(30)17-11-13-18(14-12-17)26-24(31)29-16-7-10-21(29)22-27-19-8-5-6-9-20(19)28(22)4-2/h3,5-6,8-9,11-14,21H,1,4,7,10,15-16H2,2H3,(H,25,30)(H,26,31). The lowest BCUT2D eigenvalue weighted by Gasteiger charge is -2.25. The Bertz CT molecular complexity index is 1100. The number of rotatable bonds is 6. The number of aryl methyl sites for hydroxylation is 1. The maximum Gasteiger partial charge on any atom is 0.322 e. The predicted octanol–water partition coefficient (Wildman–Crippen LogP) is 4.34. The second-order valence-corrected chi connectivity index (χ2v) is 7.56. The van der Waals surface area contributed by atoms with Gasteiger partial charge in [-0.2, -0.15) is 0 Å². The van der Waals surface area contributed by atoms with E-state index in [1.54, 1.807) is 30.3 Å². The molecule has 3 aromatic rings. The van der Waals surface area contributed by atoms with Crippen molar-refractivity contribution in [2.45, 2.75) is 32.4 Å². The number of amides is 3. The summed E-state index contributed by atoms with van der Waals surface area (Å²) in [5.41, 5.74) is 3.24. The smallest absolute Gasteiger partial charge is 0.322 e. The number of anilines is 1. The Balaban J connectivity index is 1.50. The molecular weight excluding hydrogens is 390 g/mol. The van der Waals surface area contributed by atoms with Crippen molar-refractivity contribution in [1.82, 2.24) is 19.8 Å². The highest BCUT2D eigenvalue weighted by Crippen LogP contribution is 2.33. The fourth-order valence-corrected chi connectivity index (χ4v) is 4.13. The number of aromatic nitrogens is 2. The summed E-state index contributed by atoms with van der Waals surface area (Å²) in [7, 11) is 0. The van der Waals surface area contributed by atoms with Gasteiger partial charge in [-0.3, -0.25) is 4.79 Å². The topological polar surface area (TPSA) is 79.3 Å². The molecule has 0 aliphatic carbocycles. The van der Waals surface area contributed by atoms with Gasteiger partial charge in [-0.1, -0.05) is 18.2 Å². The molecule has 1 aliphatic rings. The highest BCUT2D eigenvalue weighted by atomic mass is 16.2. The highest BCUT2D eigenvalue weighted by molar-refractivity contribution is 5.95. The third-order valence-electron chi connectivity index (χ3n) is 5.62. The van der Waals surface area contributed by atoms with Crippen LogP contribution in [-0.2, 0) is 6.54 Å². The van der Waals surface area contributed by atoms with Crippen LogP contribution in [0.5, 0.6) is 0 Å². The van der Waals surface area contributed by atoms with Gasteiger partial charge in [0.2, 0.25) is 0 Å². The van der Waals surface area contributed by atoms with Gasteiger partial charge in [0.25, 0.3) is 5.91 Å². The van der Waals surface area contributed by atoms with Crippen molar-refractivity contribution in [2.24, 2.45) is 0 Å². The van der Waals surface area contributed by atoms with E-state index in [2.05, 4.69) is 34.8 Å². The predicted molar refractivity (Wildman–Crippen MR) is 122 cm³/mol. The molecule has 0 saturated carbocycles. The Labute approximate surface area is 181 Å². The monoisotopic (exact) mass is 417 g/mol. The van der Waals surface area contributed by atoms with Gasteiger partial charge in [-0.15, -0.1) is 6.58 Å². The van der Waals surface area contributed by atoms with Gasteiger partial charge in [0, 0.05) is 30.9 Å². The van der Waals surface area contributed by atoms with Crippen molar-refractivity contribution < 1.29 is 9.59 Å². The number of imidazole rings is 1. The lowest BCUT2D eigenvalue weighted by atomic mass is 10.2. The van der Waals surface area contributed by atoms with E-state index < -0.39 is 0 Å². The number of carbonyl (C=O) groups excluding carboxylic acids is 2. The van der Waals surface area contributed by atoms with Crippen molar-refractivity contribution in [3.05, 3.63) is 72.6 Å². The average molecular weight is 418 g/mol. The number of benzene rings is 2. The van der Waals surface area contributed by atoms with Gasteiger partial charge in [-0.25, -0.2) is 9.78 Å². The molecule has 1 aromatic heterocycles. The highest BCUT2D eigenvalue weighted by Gasteiger charge is 2.33. The first-order chi connectivity index (χ1) is 15.1. The maximum absolute atomic E-state index is 13.1. The Hall–Kier alpha value is -3.61. The van der Waals surface area contributed by atoms with Gasteiger partial charge >= 0.3 is 6.03 Å². The molecule has 0 spiro atoms. The lowest BCUT2D eigenvalue weighted by molar-refractivity contribution is 0.0958. The van der Waals surface area contributed by atoms with E-state index in [4.69, 9.17) is 4.98 Å². The minimum atomic E-state index is -0.171. The molecule has 2 heterocycles. The summed E-state index contributed by atoms with van der Waals surface area (Å²) in [5, 5.41) is 5.70. The Morgan fingerprint density at radius 3 is 2.71 bits per heavy atom. The number of likely N-dealkylation sites (tertiary alicyclic amines) is 1. The second kappa shape index (κ2) is 9.04. The molecule has 7 nitrogen and oxygen atoms in total. The normalized spacial score (nSPS) is 15.8. The number of hydrogen-bond donors (Lipinski definition) is 2. The zero-order chi connectivity index (χ0) is 21.8. The molecule has 1 atom stereocenters. The van der Waals surface area contributed by atoms with Gasteiger partial charge in [0.15, 0.2) is 0 Å².